The molecule has 0 spiro atoms. The maximum absolute atomic E-state index is 12.7. The van der Waals surface area contributed by atoms with Gasteiger partial charge in [0, 0.05) is 11.3 Å². The Morgan fingerprint density at radius 1 is 1.27 bits per heavy atom. The largest absolute Gasteiger partial charge is 0.462 e. The average Bonchev–Trinajstić information content (AvgIpc) is 3.42. The first kappa shape index (κ1) is 19.9. The van der Waals surface area contributed by atoms with E-state index < -0.39 is 17.3 Å². The SMILES string of the molecule is CCOC(=O)c1c(NC(=O)c2ccco2)sc2c1CC[C@@](C#N)(c1ccccc1)C2. The number of ether oxygens (including phenoxy) is 1. The summed E-state index contributed by atoms with van der Waals surface area (Å²) < 4.78 is 10.4. The lowest BCUT2D eigenvalue weighted by Crippen LogP contribution is -2.31. The molecule has 2 heterocycles. The molecule has 1 amide bonds. The summed E-state index contributed by atoms with van der Waals surface area (Å²) in [7, 11) is 0. The monoisotopic (exact) mass is 420 g/mol. The third-order valence-corrected chi connectivity index (χ3v) is 6.49. The van der Waals surface area contributed by atoms with E-state index in [1.807, 2.05) is 30.3 Å². The zero-order chi connectivity index (χ0) is 21.1. The Hall–Kier alpha value is -3.37. The molecule has 0 aliphatic heterocycles. The van der Waals surface area contributed by atoms with Crippen LogP contribution in [0, 0.1) is 11.3 Å². The van der Waals surface area contributed by atoms with Crippen LogP contribution in [0.2, 0.25) is 0 Å². The minimum Gasteiger partial charge on any atom is -0.462 e. The fourth-order valence-electron chi connectivity index (χ4n) is 3.86. The molecule has 0 fully saturated rings. The van der Waals surface area contributed by atoms with Crippen molar-refractivity contribution >= 4 is 28.2 Å². The number of nitrogens with zero attached hydrogens (tertiary/aromatic N) is 1. The van der Waals surface area contributed by atoms with Crippen molar-refractivity contribution < 1.29 is 18.7 Å². The third-order valence-electron chi connectivity index (χ3n) is 5.35. The van der Waals surface area contributed by atoms with Crippen molar-refractivity contribution in [2.75, 3.05) is 11.9 Å². The second-order valence-corrected chi connectivity index (χ2v) is 8.20. The number of amides is 1. The van der Waals surface area contributed by atoms with Gasteiger partial charge in [0.05, 0.1) is 29.9 Å². The molecular formula is C23H20N2O4S. The van der Waals surface area contributed by atoms with Gasteiger partial charge in [-0.25, -0.2) is 4.79 Å². The molecule has 6 nitrogen and oxygen atoms in total. The third kappa shape index (κ3) is 3.51. The maximum Gasteiger partial charge on any atom is 0.341 e. The van der Waals surface area contributed by atoms with Gasteiger partial charge in [0.2, 0.25) is 0 Å². The minimum atomic E-state index is -0.659. The van der Waals surface area contributed by atoms with Gasteiger partial charge in [-0.2, -0.15) is 5.26 Å². The van der Waals surface area contributed by atoms with E-state index in [-0.39, 0.29) is 12.4 Å². The van der Waals surface area contributed by atoms with Gasteiger partial charge in [-0.3, -0.25) is 4.79 Å². The number of carbonyl (C=O) groups is 2. The van der Waals surface area contributed by atoms with Crippen molar-refractivity contribution in [1.82, 2.24) is 0 Å². The quantitative estimate of drug-likeness (QED) is 0.603. The smallest absolute Gasteiger partial charge is 0.341 e. The predicted molar refractivity (Wildman–Crippen MR) is 113 cm³/mol. The van der Waals surface area contributed by atoms with E-state index in [0.29, 0.717) is 29.8 Å². The Labute approximate surface area is 178 Å². The van der Waals surface area contributed by atoms with Gasteiger partial charge in [-0.15, -0.1) is 11.3 Å². The molecule has 0 saturated carbocycles. The first-order chi connectivity index (χ1) is 14.6. The van der Waals surface area contributed by atoms with E-state index in [0.717, 1.165) is 16.0 Å². The highest BCUT2D eigenvalue weighted by Crippen LogP contribution is 2.45. The molecule has 7 heteroatoms. The Balaban J connectivity index is 1.73. The Bertz CT molecular complexity index is 1110. The van der Waals surface area contributed by atoms with Gasteiger partial charge in [0.1, 0.15) is 5.00 Å². The molecule has 2 aromatic heterocycles. The van der Waals surface area contributed by atoms with Crippen molar-refractivity contribution in [3.63, 3.8) is 0 Å². The van der Waals surface area contributed by atoms with E-state index in [1.165, 1.54) is 17.6 Å². The average molecular weight is 420 g/mol. The second kappa shape index (κ2) is 8.17. The van der Waals surface area contributed by atoms with Crippen LogP contribution in [0.3, 0.4) is 0 Å². The van der Waals surface area contributed by atoms with Crippen LogP contribution < -0.4 is 5.32 Å². The van der Waals surface area contributed by atoms with Gasteiger partial charge in [-0.05, 0) is 43.0 Å². The van der Waals surface area contributed by atoms with E-state index in [2.05, 4.69) is 11.4 Å². The topological polar surface area (TPSA) is 92.3 Å². The number of fused-ring (bicyclic) bond motifs is 1. The van der Waals surface area contributed by atoms with Crippen molar-refractivity contribution in [3.05, 3.63) is 76.1 Å². The Morgan fingerprint density at radius 2 is 2.07 bits per heavy atom. The van der Waals surface area contributed by atoms with Crippen LogP contribution in [-0.4, -0.2) is 18.5 Å². The number of hydrogen-bond donors (Lipinski definition) is 1. The number of anilines is 1. The molecule has 0 radical (unpaired) electrons. The predicted octanol–water partition coefficient (Wildman–Crippen LogP) is 4.72. The summed E-state index contributed by atoms with van der Waals surface area (Å²) in [5.74, 6) is -0.737. The molecule has 1 aromatic carbocycles. The van der Waals surface area contributed by atoms with E-state index in [4.69, 9.17) is 9.15 Å². The molecule has 0 bridgehead atoms. The number of rotatable bonds is 5. The summed E-state index contributed by atoms with van der Waals surface area (Å²) in [6, 6.07) is 15.4. The number of esters is 1. The maximum atomic E-state index is 12.7. The zero-order valence-corrected chi connectivity index (χ0v) is 17.3. The second-order valence-electron chi connectivity index (χ2n) is 7.10. The highest BCUT2D eigenvalue weighted by molar-refractivity contribution is 7.17. The number of nitrogens with one attached hydrogen (secondary N) is 1. The first-order valence-corrected chi connectivity index (χ1v) is 10.5. The van der Waals surface area contributed by atoms with Crippen LogP contribution in [0.15, 0.2) is 53.1 Å². The van der Waals surface area contributed by atoms with Crippen LogP contribution in [0.1, 0.15) is 50.3 Å². The molecule has 3 aromatic rings. The first-order valence-electron chi connectivity index (χ1n) is 9.71. The standard InChI is InChI=1S/C23H20N2O4S/c1-2-28-22(27)19-16-10-11-23(14-24,15-7-4-3-5-8-15)13-18(16)30-21(19)25-20(26)17-9-6-12-29-17/h3-9,12H,2,10-11,13H2,1H3,(H,25,26)/t23-/m1/s1. The Kier molecular flexibility index (Phi) is 5.42. The van der Waals surface area contributed by atoms with Crippen molar-refractivity contribution in [2.24, 2.45) is 0 Å². The van der Waals surface area contributed by atoms with Crippen molar-refractivity contribution in [3.8, 4) is 6.07 Å². The van der Waals surface area contributed by atoms with Crippen molar-refractivity contribution in [2.45, 2.75) is 31.6 Å². The molecule has 30 heavy (non-hydrogen) atoms. The van der Waals surface area contributed by atoms with Crippen LogP contribution in [0.25, 0.3) is 0 Å². The fourth-order valence-corrected chi connectivity index (χ4v) is 5.21. The molecule has 0 saturated heterocycles. The molecule has 1 aliphatic carbocycles. The van der Waals surface area contributed by atoms with Crippen LogP contribution >= 0.6 is 11.3 Å². The van der Waals surface area contributed by atoms with E-state index >= 15 is 0 Å². The molecular weight excluding hydrogens is 400 g/mol. The number of nitriles is 1. The number of furan rings is 1. The van der Waals surface area contributed by atoms with Gasteiger partial charge < -0.3 is 14.5 Å². The van der Waals surface area contributed by atoms with Gasteiger partial charge in [0.15, 0.2) is 5.76 Å². The van der Waals surface area contributed by atoms with Crippen LogP contribution in [0.4, 0.5) is 5.00 Å². The number of carbonyl (C=O) groups excluding carboxylic acids is 2. The zero-order valence-electron chi connectivity index (χ0n) is 16.4. The van der Waals surface area contributed by atoms with Gasteiger partial charge in [-0.1, -0.05) is 30.3 Å². The number of benzene rings is 1. The van der Waals surface area contributed by atoms with Crippen molar-refractivity contribution in [1.29, 1.82) is 5.26 Å². The van der Waals surface area contributed by atoms with E-state index in [1.54, 1.807) is 19.1 Å². The molecule has 152 valence electrons. The van der Waals surface area contributed by atoms with Gasteiger partial charge >= 0.3 is 5.97 Å². The molecule has 1 aliphatic rings. The highest BCUT2D eigenvalue weighted by atomic mass is 32.1. The summed E-state index contributed by atoms with van der Waals surface area (Å²) in [4.78, 5) is 26.2. The van der Waals surface area contributed by atoms with Crippen LogP contribution in [0.5, 0.6) is 0 Å². The Morgan fingerprint density at radius 3 is 2.73 bits per heavy atom. The summed E-state index contributed by atoms with van der Waals surface area (Å²) in [6.07, 6.45) is 3.05. The molecule has 1 atom stereocenters. The number of hydrogen-bond acceptors (Lipinski definition) is 6. The van der Waals surface area contributed by atoms with E-state index in [9.17, 15) is 14.9 Å². The lowest BCUT2D eigenvalue weighted by atomic mass is 9.70. The van der Waals surface area contributed by atoms with Crippen LogP contribution in [-0.2, 0) is 23.0 Å². The minimum absolute atomic E-state index is 0.159. The highest BCUT2D eigenvalue weighted by Gasteiger charge is 2.40. The summed E-state index contributed by atoms with van der Waals surface area (Å²) in [5, 5.41) is 13.3. The molecule has 4 rings (SSSR count). The lowest BCUT2D eigenvalue weighted by molar-refractivity contribution is 0.0526. The van der Waals surface area contributed by atoms with Gasteiger partial charge in [0.25, 0.3) is 5.91 Å². The molecule has 1 N–H and O–H groups in total. The summed E-state index contributed by atoms with van der Waals surface area (Å²) in [6.45, 7) is 1.98. The number of thiophene rings is 1. The normalized spacial score (nSPS) is 17.6. The molecule has 0 unspecified atom stereocenters. The summed E-state index contributed by atoms with van der Waals surface area (Å²) in [5.41, 5.74) is 1.55. The fraction of sp³-hybridized carbons (Fsp3) is 0.261. The lowest BCUT2D eigenvalue weighted by Gasteiger charge is -2.31. The summed E-state index contributed by atoms with van der Waals surface area (Å²) >= 11 is 1.33.